The molecule has 0 saturated heterocycles. The minimum absolute atomic E-state index is 0.118. The fourth-order valence-corrected chi connectivity index (χ4v) is 4.06. The zero-order chi connectivity index (χ0) is 27.5. The van der Waals surface area contributed by atoms with Crippen LogP contribution in [0.1, 0.15) is 30.5 Å². The molecule has 0 aliphatic carbocycles. The third-order valence-corrected chi connectivity index (χ3v) is 6.94. The first-order valence-corrected chi connectivity index (χ1v) is 13.0. The van der Waals surface area contributed by atoms with Gasteiger partial charge in [-0.1, -0.05) is 12.1 Å². The Kier molecular flexibility index (Phi) is 8.57. The molecule has 0 fully saturated rings. The van der Waals surface area contributed by atoms with Gasteiger partial charge in [-0.3, -0.25) is 9.62 Å². The summed E-state index contributed by atoms with van der Waals surface area (Å²) in [7, 11) is 2.26. The van der Waals surface area contributed by atoms with Crippen molar-refractivity contribution in [3.05, 3.63) is 69.3 Å². The molecule has 3 rings (SSSR count). The number of hydrogen-bond donors (Lipinski definition) is 2. The molecular weight excluding hydrogens is 503 g/mol. The highest BCUT2D eigenvalue weighted by Gasteiger charge is 2.21. The predicted molar refractivity (Wildman–Crippen MR) is 140 cm³/mol. The highest BCUT2D eigenvalue weighted by Crippen LogP contribution is 2.29. The molecule has 0 unspecified atom stereocenters. The van der Waals surface area contributed by atoms with E-state index in [9.17, 15) is 18.0 Å². The van der Waals surface area contributed by atoms with Gasteiger partial charge in [-0.25, -0.2) is 18.7 Å². The van der Waals surface area contributed by atoms with Crippen molar-refractivity contribution in [3.8, 4) is 5.75 Å². The number of hydrogen-bond acceptors (Lipinski definition) is 7. The number of ether oxygens (including phenoxy) is 1. The molecule has 0 bridgehead atoms. The molecule has 12 heteroatoms. The Balaban J connectivity index is 2.13. The maximum atomic E-state index is 15.3. The second-order valence-corrected chi connectivity index (χ2v) is 10.7. The van der Waals surface area contributed by atoms with Crippen LogP contribution in [0.2, 0.25) is 0 Å². The number of anilines is 1. The number of amides is 1. The van der Waals surface area contributed by atoms with Gasteiger partial charge >= 0.3 is 11.7 Å². The molecule has 0 spiro atoms. The maximum Gasteiger partial charge on any atom is 0.414 e. The lowest BCUT2D eigenvalue weighted by atomic mass is 9.97. The zero-order valence-electron chi connectivity index (χ0n) is 21.6. The second-order valence-electron chi connectivity index (χ2n) is 9.04. The van der Waals surface area contributed by atoms with Gasteiger partial charge < -0.3 is 14.1 Å². The van der Waals surface area contributed by atoms with Gasteiger partial charge in [-0.05, 0) is 50.2 Å². The summed E-state index contributed by atoms with van der Waals surface area (Å²) in [5, 5.41) is 0.610. The van der Waals surface area contributed by atoms with Crippen molar-refractivity contribution < 1.29 is 26.8 Å². The third kappa shape index (κ3) is 6.64. The normalized spacial score (nSPS) is 11.8. The van der Waals surface area contributed by atoms with Crippen molar-refractivity contribution in [2.45, 2.75) is 32.9 Å². The third-order valence-electron chi connectivity index (χ3n) is 5.91. The van der Waals surface area contributed by atoms with Crippen LogP contribution in [0.4, 0.5) is 14.9 Å². The number of carbonyl (C=O) groups excluding carboxylic acids is 1. The van der Waals surface area contributed by atoms with Crippen LogP contribution in [-0.4, -0.2) is 58.5 Å². The van der Waals surface area contributed by atoms with E-state index in [0.717, 1.165) is 0 Å². The Bertz CT molecular complexity index is 1470. The maximum absolute atomic E-state index is 15.3. The molecule has 2 aromatic carbocycles. The highest BCUT2D eigenvalue weighted by molar-refractivity contribution is 7.90. The van der Waals surface area contributed by atoms with Crippen LogP contribution in [0.15, 0.2) is 45.6 Å². The molecule has 200 valence electrons. The topological polar surface area (TPSA) is 121 Å². The van der Waals surface area contributed by atoms with E-state index in [0.29, 0.717) is 17.5 Å². The van der Waals surface area contributed by atoms with Crippen LogP contribution < -0.4 is 19.8 Å². The summed E-state index contributed by atoms with van der Waals surface area (Å²) in [5.74, 6) is -0.587. The van der Waals surface area contributed by atoms with Crippen LogP contribution in [-0.2, 0) is 23.2 Å². The quantitative estimate of drug-likeness (QED) is 0.404. The number of carbonyl (C=O) groups is 1. The molecular formula is C25H31FN4O6S. The standard InChI is InChI=1S/C25H31FN4O6S/c1-15(2)30(6)14-20-18-11-10-17(35-25(32)29(4)5)13-22(18)36-24(31)19(20)12-16-8-7-9-21(23(16)26)28-37(33,34)27-3/h7-11,13,15,27-28H,12,14H2,1-6H3. The summed E-state index contributed by atoms with van der Waals surface area (Å²) < 4.78 is 54.1. The van der Waals surface area contributed by atoms with E-state index in [1.165, 1.54) is 36.2 Å². The van der Waals surface area contributed by atoms with Gasteiger partial charge in [-0.2, -0.15) is 8.42 Å². The Morgan fingerprint density at radius 1 is 1.14 bits per heavy atom. The van der Waals surface area contributed by atoms with Gasteiger partial charge in [0, 0.05) is 57.2 Å². The van der Waals surface area contributed by atoms with E-state index in [1.807, 2.05) is 25.8 Å². The van der Waals surface area contributed by atoms with Gasteiger partial charge in [-0.15, -0.1) is 0 Å². The van der Waals surface area contributed by atoms with Crippen LogP contribution in [0, 0.1) is 5.82 Å². The monoisotopic (exact) mass is 534 g/mol. The number of rotatable bonds is 9. The van der Waals surface area contributed by atoms with Gasteiger partial charge in [0.05, 0.1) is 5.69 Å². The molecule has 3 aromatic rings. The minimum Gasteiger partial charge on any atom is -0.422 e. The van der Waals surface area contributed by atoms with Crippen LogP contribution in [0.25, 0.3) is 11.0 Å². The minimum atomic E-state index is -3.94. The summed E-state index contributed by atoms with van der Waals surface area (Å²) >= 11 is 0. The summed E-state index contributed by atoms with van der Waals surface area (Å²) in [5.41, 5.74) is 0.301. The van der Waals surface area contributed by atoms with Crippen molar-refractivity contribution in [1.82, 2.24) is 14.5 Å². The molecule has 0 radical (unpaired) electrons. The van der Waals surface area contributed by atoms with Crippen LogP contribution in [0.5, 0.6) is 5.75 Å². The Labute approximate surface area is 215 Å². The van der Waals surface area contributed by atoms with Crippen LogP contribution >= 0.6 is 0 Å². The molecule has 1 aromatic heterocycles. The van der Waals surface area contributed by atoms with Crippen molar-refractivity contribution in [2.75, 3.05) is 32.9 Å². The Morgan fingerprint density at radius 2 is 1.84 bits per heavy atom. The summed E-state index contributed by atoms with van der Waals surface area (Å²) in [6, 6.07) is 9.18. The van der Waals surface area contributed by atoms with E-state index in [4.69, 9.17) is 9.15 Å². The predicted octanol–water partition coefficient (Wildman–Crippen LogP) is 3.30. The summed E-state index contributed by atoms with van der Waals surface area (Å²) in [6.45, 7) is 4.37. The van der Waals surface area contributed by atoms with Crippen molar-refractivity contribution in [1.29, 1.82) is 0 Å². The first kappa shape index (κ1) is 28.1. The molecule has 10 nitrogen and oxygen atoms in total. The van der Waals surface area contributed by atoms with E-state index in [1.54, 1.807) is 26.2 Å². The lowest BCUT2D eigenvalue weighted by Gasteiger charge is -2.23. The van der Waals surface area contributed by atoms with Gasteiger partial charge in [0.25, 0.3) is 10.2 Å². The molecule has 37 heavy (non-hydrogen) atoms. The lowest BCUT2D eigenvalue weighted by molar-refractivity contribution is 0.172. The van der Waals surface area contributed by atoms with E-state index in [-0.39, 0.29) is 40.6 Å². The number of nitrogens with one attached hydrogen (secondary N) is 2. The molecule has 0 saturated carbocycles. The fourth-order valence-electron chi connectivity index (χ4n) is 3.51. The average molecular weight is 535 g/mol. The smallest absolute Gasteiger partial charge is 0.414 e. The van der Waals surface area contributed by atoms with Gasteiger partial charge in [0.2, 0.25) is 0 Å². The molecule has 2 N–H and O–H groups in total. The van der Waals surface area contributed by atoms with E-state index < -0.39 is 27.7 Å². The summed E-state index contributed by atoms with van der Waals surface area (Å²) in [6.07, 6.45) is -0.708. The summed E-state index contributed by atoms with van der Waals surface area (Å²) in [4.78, 5) is 28.4. The van der Waals surface area contributed by atoms with Crippen LogP contribution in [0.3, 0.4) is 0 Å². The first-order valence-electron chi connectivity index (χ1n) is 11.5. The molecule has 0 atom stereocenters. The lowest BCUT2D eigenvalue weighted by Crippen LogP contribution is -2.28. The Morgan fingerprint density at radius 3 is 2.46 bits per heavy atom. The molecule has 1 amide bonds. The van der Waals surface area contributed by atoms with Crippen molar-refractivity contribution in [2.24, 2.45) is 0 Å². The average Bonchev–Trinajstić information content (AvgIpc) is 2.82. The van der Waals surface area contributed by atoms with E-state index >= 15 is 4.39 Å². The number of benzene rings is 2. The molecule has 1 heterocycles. The van der Waals surface area contributed by atoms with Gasteiger partial charge in [0.15, 0.2) is 5.82 Å². The first-order chi connectivity index (χ1) is 17.3. The fraction of sp³-hybridized carbons (Fsp3) is 0.360. The number of fused-ring (bicyclic) bond motifs is 1. The van der Waals surface area contributed by atoms with E-state index in [2.05, 4.69) is 9.44 Å². The molecule has 0 aliphatic heterocycles. The van der Waals surface area contributed by atoms with Gasteiger partial charge in [0.1, 0.15) is 11.3 Å². The van der Waals surface area contributed by atoms with Crippen molar-refractivity contribution in [3.63, 3.8) is 0 Å². The number of halogens is 1. The number of nitrogens with zero attached hydrogens (tertiary/aromatic N) is 2. The highest BCUT2D eigenvalue weighted by atomic mass is 32.2. The van der Waals surface area contributed by atoms with Crippen molar-refractivity contribution >= 4 is 33.0 Å². The second kappa shape index (κ2) is 11.3. The molecule has 0 aliphatic rings. The Hall–Kier alpha value is -3.48. The largest absolute Gasteiger partial charge is 0.422 e. The zero-order valence-corrected chi connectivity index (χ0v) is 22.4. The SMILES string of the molecule is CNS(=O)(=O)Nc1cccc(Cc2c(CN(C)C(C)C)c3ccc(OC(=O)N(C)C)cc3oc2=O)c1F.